The van der Waals surface area contributed by atoms with Crippen molar-refractivity contribution in [2.24, 2.45) is 22.5 Å². The summed E-state index contributed by atoms with van der Waals surface area (Å²) in [6, 6.07) is 0. The summed E-state index contributed by atoms with van der Waals surface area (Å²) in [5.74, 6) is 0.921. The van der Waals surface area contributed by atoms with Crippen LogP contribution in [0.3, 0.4) is 0 Å². The minimum Gasteiger partial charge on any atom is -0.330 e. The summed E-state index contributed by atoms with van der Waals surface area (Å²) in [6.45, 7) is 11.9. The van der Waals surface area contributed by atoms with Gasteiger partial charge in [0.15, 0.2) is 0 Å². The van der Waals surface area contributed by atoms with Gasteiger partial charge in [-0.05, 0) is 62.1 Å². The lowest BCUT2D eigenvalue weighted by Gasteiger charge is -2.46. The Kier molecular flexibility index (Phi) is 4.94. The van der Waals surface area contributed by atoms with E-state index in [1.807, 2.05) is 0 Å². The molecule has 1 heterocycles. The molecule has 2 heteroatoms. The fourth-order valence-electron chi connectivity index (χ4n) is 3.88. The van der Waals surface area contributed by atoms with Crippen LogP contribution in [0.1, 0.15) is 65.7 Å². The second-order valence-corrected chi connectivity index (χ2v) is 7.83. The molecule has 2 nitrogen and oxygen atoms in total. The maximum absolute atomic E-state index is 6.15. The number of hydrogen-bond donors (Lipinski definition) is 1. The molecule has 19 heavy (non-hydrogen) atoms. The monoisotopic (exact) mass is 266 g/mol. The van der Waals surface area contributed by atoms with Gasteiger partial charge in [-0.3, -0.25) is 0 Å². The summed E-state index contributed by atoms with van der Waals surface area (Å²) in [6.07, 6.45) is 9.56. The van der Waals surface area contributed by atoms with Gasteiger partial charge in [0.25, 0.3) is 0 Å². The van der Waals surface area contributed by atoms with Crippen LogP contribution in [0.2, 0.25) is 0 Å². The normalized spacial score (nSPS) is 36.3. The summed E-state index contributed by atoms with van der Waals surface area (Å²) in [5, 5.41) is 0. The van der Waals surface area contributed by atoms with Crippen molar-refractivity contribution in [3.8, 4) is 0 Å². The number of likely N-dealkylation sites (tertiary alicyclic amines) is 1. The van der Waals surface area contributed by atoms with Crippen molar-refractivity contribution in [3.05, 3.63) is 0 Å². The van der Waals surface area contributed by atoms with Crippen LogP contribution in [0.15, 0.2) is 0 Å². The first kappa shape index (κ1) is 15.3. The Morgan fingerprint density at radius 3 is 2.16 bits per heavy atom. The summed E-state index contributed by atoms with van der Waals surface area (Å²) in [7, 11) is 0. The molecule has 1 aliphatic carbocycles. The van der Waals surface area contributed by atoms with Gasteiger partial charge in [-0.15, -0.1) is 0 Å². The van der Waals surface area contributed by atoms with Crippen LogP contribution < -0.4 is 5.73 Å². The van der Waals surface area contributed by atoms with E-state index in [-0.39, 0.29) is 0 Å². The third-order valence-electron chi connectivity index (χ3n) is 6.24. The van der Waals surface area contributed by atoms with Crippen molar-refractivity contribution < 1.29 is 0 Å². The van der Waals surface area contributed by atoms with Gasteiger partial charge in [0.1, 0.15) is 0 Å². The predicted octanol–water partition coefficient (Wildman–Crippen LogP) is 3.65. The molecule has 0 aromatic heterocycles. The largest absolute Gasteiger partial charge is 0.330 e. The highest BCUT2D eigenvalue weighted by atomic mass is 15.1. The molecule has 1 saturated carbocycles. The average Bonchev–Trinajstić information content (AvgIpc) is 2.44. The molecular formula is C17H34N2. The van der Waals surface area contributed by atoms with Crippen LogP contribution >= 0.6 is 0 Å². The molecule has 0 radical (unpaired) electrons. The van der Waals surface area contributed by atoms with E-state index < -0.39 is 0 Å². The number of nitrogens with zero attached hydrogens (tertiary/aromatic N) is 1. The van der Waals surface area contributed by atoms with E-state index >= 15 is 0 Å². The minimum atomic E-state index is 0.437. The second-order valence-electron chi connectivity index (χ2n) is 7.83. The van der Waals surface area contributed by atoms with Gasteiger partial charge in [-0.25, -0.2) is 0 Å². The Hall–Kier alpha value is -0.0800. The zero-order chi connectivity index (χ0) is 13.9. The third kappa shape index (κ3) is 3.72. The highest BCUT2D eigenvalue weighted by Gasteiger charge is 2.36. The molecular weight excluding hydrogens is 232 g/mol. The first-order chi connectivity index (χ1) is 9.01. The van der Waals surface area contributed by atoms with Gasteiger partial charge >= 0.3 is 0 Å². The van der Waals surface area contributed by atoms with Gasteiger partial charge < -0.3 is 10.6 Å². The molecule has 2 aliphatic rings. The summed E-state index contributed by atoms with van der Waals surface area (Å²) < 4.78 is 0. The van der Waals surface area contributed by atoms with E-state index in [0.29, 0.717) is 10.8 Å². The van der Waals surface area contributed by atoms with Gasteiger partial charge in [0.05, 0.1) is 0 Å². The average molecular weight is 266 g/mol. The van der Waals surface area contributed by atoms with Crippen LogP contribution in [-0.2, 0) is 0 Å². The predicted molar refractivity (Wildman–Crippen MR) is 83.2 cm³/mol. The molecule has 0 unspecified atom stereocenters. The lowest BCUT2D eigenvalue weighted by molar-refractivity contribution is 0.0495. The molecule has 0 amide bonds. The Balaban J connectivity index is 1.86. The van der Waals surface area contributed by atoms with E-state index in [1.54, 1.807) is 0 Å². The van der Waals surface area contributed by atoms with E-state index in [1.165, 1.54) is 64.6 Å². The minimum absolute atomic E-state index is 0.437. The smallest absolute Gasteiger partial charge is 0.00501 e. The highest BCUT2D eigenvalue weighted by Crippen LogP contribution is 2.40. The topological polar surface area (TPSA) is 29.3 Å². The van der Waals surface area contributed by atoms with Crippen molar-refractivity contribution in [1.29, 1.82) is 0 Å². The van der Waals surface area contributed by atoms with Gasteiger partial charge in [-0.2, -0.15) is 0 Å². The van der Waals surface area contributed by atoms with Crippen LogP contribution in [-0.4, -0.2) is 31.1 Å². The quantitative estimate of drug-likeness (QED) is 0.841. The van der Waals surface area contributed by atoms with Crippen LogP contribution in [0.4, 0.5) is 0 Å². The molecule has 2 fully saturated rings. The van der Waals surface area contributed by atoms with Crippen molar-refractivity contribution in [3.63, 3.8) is 0 Å². The summed E-state index contributed by atoms with van der Waals surface area (Å²) in [4.78, 5) is 2.71. The number of rotatable bonds is 4. The highest BCUT2D eigenvalue weighted by molar-refractivity contribution is 4.90. The van der Waals surface area contributed by atoms with Crippen LogP contribution in [0.25, 0.3) is 0 Å². The molecule has 0 aromatic rings. The summed E-state index contributed by atoms with van der Waals surface area (Å²) >= 11 is 0. The molecule has 2 rings (SSSR count). The van der Waals surface area contributed by atoms with Gasteiger partial charge in [0.2, 0.25) is 0 Å². The van der Waals surface area contributed by atoms with Crippen LogP contribution in [0, 0.1) is 16.7 Å². The SMILES string of the molecule is CCC1(C)CCN(CC2(CN)CCC(C)CC2)CC1. The standard InChI is InChI=1S/C17H34N2/c1-4-16(3)9-11-19(12-10-16)14-17(13-18)7-5-15(2)6-8-17/h15H,4-14,18H2,1-3H3. The first-order valence-corrected chi connectivity index (χ1v) is 8.43. The fourth-order valence-corrected chi connectivity index (χ4v) is 3.88. The Morgan fingerprint density at radius 1 is 1.11 bits per heavy atom. The third-order valence-corrected chi connectivity index (χ3v) is 6.24. The van der Waals surface area contributed by atoms with E-state index in [0.717, 1.165) is 12.5 Å². The molecule has 0 bridgehead atoms. The molecule has 1 aliphatic heterocycles. The maximum Gasteiger partial charge on any atom is 0.00501 e. The molecule has 0 spiro atoms. The van der Waals surface area contributed by atoms with E-state index in [9.17, 15) is 0 Å². The summed E-state index contributed by atoms with van der Waals surface area (Å²) in [5.41, 5.74) is 7.20. The van der Waals surface area contributed by atoms with Crippen molar-refractivity contribution in [1.82, 2.24) is 4.90 Å². The number of piperidine rings is 1. The van der Waals surface area contributed by atoms with Crippen molar-refractivity contribution in [2.45, 2.75) is 65.7 Å². The lowest BCUT2D eigenvalue weighted by Crippen LogP contribution is -2.48. The molecule has 0 aromatic carbocycles. The fraction of sp³-hybridized carbons (Fsp3) is 1.00. The molecule has 112 valence electrons. The van der Waals surface area contributed by atoms with Crippen LogP contribution in [0.5, 0.6) is 0 Å². The van der Waals surface area contributed by atoms with Crippen molar-refractivity contribution in [2.75, 3.05) is 26.2 Å². The molecule has 2 N–H and O–H groups in total. The second kappa shape index (κ2) is 6.13. The maximum atomic E-state index is 6.15. The Bertz CT molecular complexity index is 271. The lowest BCUT2D eigenvalue weighted by atomic mass is 9.70. The molecule has 0 atom stereocenters. The Morgan fingerprint density at radius 2 is 1.68 bits per heavy atom. The molecule has 1 saturated heterocycles. The number of nitrogens with two attached hydrogens (primary N) is 1. The first-order valence-electron chi connectivity index (χ1n) is 8.43. The van der Waals surface area contributed by atoms with E-state index in [2.05, 4.69) is 25.7 Å². The zero-order valence-corrected chi connectivity index (χ0v) is 13.4. The zero-order valence-electron chi connectivity index (χ0n) is 13.4. The Labute approximate surface area is 120 Å². The van der Waals surface area contributed by atoms with Gasteiger partial charge in [-0.1, -0.05) is 40.0 Å². The van der Waals surface area contributed by atoms with E-state index in [4.69, 9.17) is 5.73 Å². The number of hydrogen-bond acceptors (Lipinski definition) is 2. The van der Waals surface area contributed by atoms with Crippen molar-refractivity contribution >= 4 is 0 Å². The van der Waals surface area contributed by atoms with Gasteiger partial charge in [0, 0.05) is 6.54 Å².